The van der Waals surface area contributed by atoms with Crippen molar-refractivity contribution in [3.05, 3.63) is 52.3 Å². The summed E-state index contributed by atoms with van der Waals surface area (Å²) in [6.45, 7) is 5.97. The quantitative estimate of drug-likeness (QED) is 0.670. The molecule has 1 aromatic carbocycles. The zero-order valence-corrected chi connectivity index (χ0v) is 14.8. The number of hydrogen-bond donors (Lipinski definition) is 0. The molecule has 3 aromatic rings. The van der Waals surface area contributed by atoms with E-state index in [1.807, 2.05) is 61.7 Å². The summed E-state index contributed by atoms with van der Waals surface area (Å²) in [6, 6.07) is 11.9. The topological polar surface area (TPSA) is 50.3 Å². The van der Waals surface area contributed by atoms with E-state index in [1.54, 1.807) is 0 Å². The van der Waals surface area contributed by atoms with Crippen molar-refractivity contribution in [3.8, 4) is 23.1 Å². The van der Waals surface area contributed by atoms with Gasteiger partial charge in [0.25, 0.3) is 0 Å². The molecule has 0 radical (unpaired) electrons. The van der Waals surface area contributed by atoms with E-state index in [0.29, 0.717) is 11.4 Å². The molecule has 0 unspecified atom stereocenters. The second-order valence-electron chi connectivity index (χ2n) is 5.67. The fourth-order valence-corrected chi connectivity index (χ4v) is 3.14. The summed E-state index contributed by atoms with van der Waals surface area (Å²) in [7, 11) is 0. The Hall–Kier alpha value is -2.32. The number of fused-ring (bicyclic) bond motifs is 1. The smallest absolute Gasteiger partial charge is 0.152 e. The van der Waals surface area contributed by atoms with Gasteiger partial charge in [0.05, 0.1) is 10.6 Å². The summed E-state index contributed by atoms with van der Waals surface area (Å²) >= 11 is 3.52. The monoisotopic (exact) mass is 369 g/mol. The van der Waals surface area contributed by atoms with E-state index < -0.39 is 0 Å². The number of pyridine rings is 1. The first kappa shape index (κ1) is 15.6. The van der Waals surface area contributed by atoms with Crippen LogP contribution in [0.25, 0.3) is 16.9 Å². The first-order chi connectivity index (χ1) is 11.0. The molecule has 3 rings (SSSR count). The lowest BCUT2D eigenvalue weighted by atomic mass is 10.1. The van der Waals surface area contributed by atoms with Crippen molar-refractivity contribution in [1.29, 1.82) is 5.26 Å². The van der Waals surface area contributed by atoms with Crippen LogP contribution < -0.4 is 4.74 Å². The molecule has 23 heavy (non-hydrogen) atoms. The first-order valence-corrected chi connectivity index (χ1v) is 8.14. The number of nitrogens with zero attached hydrogens (tertiary/aromatic N) is 3. The third-order valence-electron chi connectivity index (χ3n) is 3.42. The van der Waals surface area contributed by atoms with E-state index in [2.05, 4.69) is 27.0 Å². The minimum Gasteiger partial charge on any atom is -0.491 e. The molecule has 116 valence electrons. The van der Waals surface area contributed by atoms with Crippen molar-refractivity contribution in [3.63, 3.8) is 0 Å². The zero-order chi connectivity index (χ0) is 16.6. The lowest BCUT2D eigenvalue weighted by Crippen LogP contribution is -2.05. The van der Waals surface area contributed by atoms with Gasteiger partial charge in [0.15, 0.2) is 11.3 Å². The summed E-state index contributed by atoms with van der Waals surface area (Å²) in [4.78, 5) is 4.64. The van der Waals surface area contributed by atoms with Gasteiger partial charge >= 0.3 is 0 Å². The number of aromatic nitrogens is 2. The molecule has 0 fully saturated rings. The van der Waals surface area contributed by atoms with Crippen LogP contribution in [0.1, 0.15) is 25.1 Å². The predicted molar refractivity (Wildman–Crippen MR) is 93.5 cm³/mol. The van der Waals surface area contributed by atoms with Crippen molar-refractivity contribution < 1.29 is 4.74 Å². The average Bonchev–Trinajstić information content (AvgIpc) is 2.86. The fraction of sp³-hybridized carbons (Fsp3) is 0.222. The molecule has 0 bridgehead atoms. The van der Waals surface area contributed by atoms with E-state index in [0.717, 1.165) is 27.0 Å². The van der Waals surface area contributed by atoms with Crippen LogP contribution in [0.15, 0.2) is 41.0 Å². The number of rotatable bonds is 3. The number of benzene rings is 1. The number of imidazole rings is 1. The zero-order valence-electron chi connectivity index (χ0n) is 13.2. The summed E-state index contributed by atoms with van der Waals surface area (Å²) in [5.74, 6) is 0.808. The Morgan fingerprint density at radius 3 is 2.57 bits per heavy atom. The van der Waals surface area contributed by atoms with Crippen LogP contribution in [0.5, 0.6) is 5.75 Å². The van der Waals surface area contributed by atoms with Gasteiger partial charge in [0.2, 0.25) is 0 Å². The van der Waals surface area contributed by atoms with Gasteiger partial charge in [-0.15, -0.1) is 0 Å². The highest BCUT2D eigenvalue weighted by molar-refractivity contribution is 9.10. The lowest BCUT2D eigenvalue weighted by Gasteiger charge is -2.09. The van der Waals surface area contributed by atoms with E-state index in [9.17, 15) is 5.26 Å². The number of halogens is 1. The third kappa shape index (κ3) is 2.95. The summed E-state index contributed by atoms with van der Waals surface area (Å²) in [6.07, 6.45) is 2.05. The number of aryl methyl sites for hydroxylation is 1. The highest BCUT2D eigenvalue weighted by atomic mass is 79.9. The van der Waals surface area contributed by atoms with E-state index >= 15 is 0 Å². The Labute approximate surface area is 143 Å². The average molecular weight is 370 g/mol. The van der Waals surface area contributed by atoms with Gasteiger partial charge in [-0.3, -0.25) is 4.40 Å². The van der Waals surface area contributed by atoms with Crippen molar-refractivity contribution in [1.82, 2.24) is 9.38 Å². The van der Waals surface area contributed by atoms with Crippen molar-refractivity contribution >= 4 is 21.6 Å². The van der Waals surface area contributed by atoms with Gasteiger partial charge in [0.1, 0.15) is 17.5 Å². The number of nitriles is 1. The van der Waals surface area contributed by atoms with Crippen LogP contribution in [-0.4, -0.2) is 15.5 Å². The largest absolute Gasteiger partial charge is 0.491 e. The molecule has 2 heterocycles. The normalized spacial score (nSPS) is 11.0. The lowest BCUT2D eigenvalue weighted by molar-refractivity contribution is 0.242. The maximum atomic E-state index is 9.57. The van der Waals surface area contributed by atoms with Crippen LogP contribution in [0.2, 0.25) is 0 Å². The summed E-state index contributed by atoms with van der Waals surface area (Å²) in [5.41, 5.74) is 3.90. The van der Waals surface area contributed by atoms with Gasteiger partial charge in [-0.25, -0.2) is 4.98 Å². The molecule has 0 aliphatic carbocycles. The van der Waals surface area contributed by atoms with Crippen molar-refractivity contribution in [2.75, 3.05) is 0 Å². The number of hydrogen-bond acceptors (Lipinski definition) is 3. The van der Waals surface area contributed by atoms with Crippen molar-refractivity contribution in [2.24, 2.45) is 0 Å². The molecule has 5 heteroatoms. The first-order valence-electron chi connectivity index (χ1n) is 7.35. The molecule has 0 N–H and O–H groups in total. The molecular weight excluding hydrogens is 354 g/mol. The second-order valence-corrected chi connectivity index (χ2v) is 6.53. The molecule has 0 saturated heterocycles. The Bertz CT molecular complexity index is 905. The molecule has 0 atom stereocenters. The highest BCUT2D eigenvalue weighted by Crippen LogP contribution is 2.29. The Morgan fingerprint density at radius 1 is 1.26 bits per heavy atom. The van der Waals surface area contributed by atoms with Gasteiger partial charge in [-0.2, -0.15) is 5.26 Å². The van der Waals surface area contributed by atoms with Crippen LogP contribution in [0, 0.1) is 18.3 Å². The van der Waals surface area contributed by atoms with Gasteiger partial charge in [0, 0.05) is 11.8 Å². The molecule has 0 aliphatic heterocycles. The standard InChI is InChI=1S/C18H16BrN3O/c1-11(2)23-14-6-4-13(5-7-14)17-16(9-20)22-10-12(3)8-15(19)18(22)21-17/h4-8,10-11H,1-3H3. The van der Waals surface area contributed by atoms with Crippen LogP contribution in [0.4, 0.5) is 0 Å². The minimum absolute atomic E-state index is 0.129. The van der Waals surface area contributed by atoms with Crippen molar-refractivity contribution in [2.45, 2.75) is 26.9 Å². The minimum atomic E-state index is 0.129. The molecule has 0 aliphatic rings. The Balaban J connectivity index is 2.13. The molecular formula is C18H16BrN3O. The van der Waals surface area contributed by atoms with Gasteiger partial charge in [-0.1, -0.05) is 0 Å². The molecule has 4 nitrogen and oxygen atoms in total. The van der Waals surface area contributed by atoms with Crippen LogP contribution >= 0.6 is 15.9 Å². The van der Waals surface area contributed by atoms with E-state index in [-0.39, 0.29) is 6.10 Å². The fourth-order valence-electron chi connectivity index (χ4n) is 2.50. The second kappa shape index (κ2) is 6.05. The maximum Gasteiger partial charge on any atom is 0.152 e. The van der Waals surface area contributed by atoms with Gasteiger partial charge in [-0.05, 0) is 72.6 Å². The summed E-state index contributed by atoms with van der Waals surface area (Å²) < 4.78 is 8.36. The molecule has 0 amide bonds. The van der Waals surface area contributed by atoms with Gasteiger partial charge < -0.3 is 4.74 Å². The highest BCUT2D eigenvalue weighted by Gasteiger charge is 2.16. The molecule has 0 spiro atoms. The van der Waals surface area contributed by atoms with E-state index in [4.69, 9.17) is 4.74 Å². The van der Waals surface area contributed by atoms with Crippen LogP contribution in [0.3, 0.4) is 0 Å². The SMILES string of the molecule is Cc1cc(Br)c2nc(-c3ccc(OC(C)C)cc3)c(C#N)n2c1. The third-order valence-corrected chi connectivity index (χ3v) is 4.00. The molecule has 2 aromatic heterocycles. The predicted octanol–water partition coefficient (Wildman–Crippen LogP) is 4.73. The number of ether oxygens (including phenoxy) is 1. The maximum absolute atomic E-state index is 9.57. The Kier molecular flexibility index (Phi) is 4.10. The molecule has 0 saturated carbocycles. The van der Waals surface area contributed by atoms with Crippen LogP contribution in [-0.2, 0) is 0 Å². The van der Waals surface area contributed by atoms with E-state index in [1.165, 1.54) is 0 Å². The summed E-state index contributed by atoms with van der Waals surface area (Å²) in [5, 5.41) is 9.57. The Morgan fingerprint density at radius 2 is 1.96 bits per heavy atom.